The number of carbonyl (C=O) groups excluding carboxylic acids is 1. The van der Waals surface area contributed by atoms with Crippen LogP contribution in [0.4, 0.5) is 4.79 Å². The topological polar surface area (TPSA) is 120 Å². The molecule has 5 aromatic rings. The summed E-state index contributed by atoms with van der Waals surface area (Å²) >= 11 is 6.64. The Morgan fingerprint density at radius 2 is 1.67 bits per heavy atom. The number of nitrogens with zero attached hydrogens (tertiary/aromatic N) is 3. The molecule has 0 unspecified atom stereocenters. The van der Waals surface area contributed by atoms with Crippen LogP contribution in [0.15, 0.2) is 90.1 Å². The highest BCUT2D eigenvalue weighted by molar-refractivity contribution is 8.76. The lowest BCUT2D eigenvalue weighted by molar-refractivity contribution is -0.00324. The Bertz CT molecular complexity index is 1760. The van der Waals surface area contributed by atoms with Crippen molar-refractivity contribution in [3.63, 3.8) is 0 Å². The second-order valence-corrected chi connectivity index (χ2v) is 13.2. The first kappa shape index (κ1) is 29.9. The van der Waals surface area contributed by atoms with Crippen LogP contribution in [0.5, 0.6) is 6.01 Å². The van der Waals surface area contributed by atoms with Crippen LogP contribution in [0.3, 0.4) is 0 Å². The molecule has 13 heteroatoms. The number of carbonyl (C=O) groups is 1. The van der Waals surface area contributed by atoms with E-state index >= 15 is 0 Å². The van der Waals surface area contributed by atoms with Crippen LogP contribution in [0.25, 0.3) is 33.5 Å². The smallest absolute Gasteiger partial charge is 0.407 e. The number of benzene rings is 2. The molecule has 0 radical (unpaired) electrons. The average Bonchev–Trinajstić information content (AvgIpc) is 3.78. The summed E-state index contributed by atoms with van der Waals surface area (Å²) in [5.74, 6) is 0.704. The molecular weight excluding hydrogens is 634 g/mol. The maximum Gasteiger partial charge on any atom is 0.407 e. The molecular formula is C32H28ClN5O5S2. The van der Waals surface area contributed by atoms with Gasteiger partial charge in [0, 0.05) is 24.1 Å². The molecule has 2 fully saturated rings. The van der Waals surface area contributed by atoms with E-state index in [1.54, 1.807) is 33.9 Å². The fourth-order valence-electron chi connectivity index (χ4n) is 5.25. The Labute approximate surface area is 272 Å². The third-order valence-corrected chi connectivity index (χ3v) is 9.95. The molecule has 1 amide bonds. The number of hydrogen-bond acceptors (Lipinski definition) is 10. The summed E-state index contributed by atoms with van der Waals surface area (Å²) in [6.07, 6.45) is -0.568. The Hall–Kier alpha value is -3.81. The zero-order valence-electron chi connectivity index (χ0n) is 23.8. The van der Waals surface area contributed by atoms with Crippen molar-refractivity contribution < 1.29 is 23.7 Å². The summed E-state index contributed by atoms with van der Waals surface area (Å²) in [6, 6.07) is 26.1. The van der Waals surface area contributed by atoms with Gasteiger partial charge in [-0.2, -0.15) is 4.98 Å². The number of imidazole rings is 1. The first-order chi connectivity index (χ1) is 22.1. The first-order valence-electron chi connectivity index (χ1n) is 14.4. The molecule has 5 heterocycles. The second-order valence-electron chi connectivity index (χ2n) is 10.4. The Kier molecular flexibility index (Phi) is 9.08. The number of aromatic amines is 1. The summed E-state index contributed by atoms with van der Waals surface area (Å²) in [5.41, 5.74) is 4.90. The van der Waals surface area contributed by atoms with E-state index in [0.29, 0.717) is 34.2 Å². The number of H-pyrrole nitrogens is 1. The standard InChI is InChI=1S/C32H28ClN5O5S2/c33-22-16-23-30(37-27(22)21-11-9-20(10-12-21)19-6-2-1-3-7-19)38-31(36-23)42-24-17-40-29-25(18-41-28(24)29)43-32(39)35-14-15-44-45-26-8-4-5-13-34-26/h1-13,16,24-25,28-29H,14-15,17-18H2,(H,35,39)(H,36,37,38)/t24-,25-,28-,29-/m0/s1. The van der Waals surface area contributed by atoms with Crippen molar-refractivity contribution in [2.45, 2.75) is 29.4 Å². The predicted octanol–water partition coefficient (Wildman–Crippen LogP) is 6.42. The summed E-state index contributed by atoms with van der Waals surface area (Å²) < 4.78 is 23.6. The molecule has 3 aromatic heterocycles. The number of nitrogens with one attached hydrogen (secondary N) is 2. The van der Waals surface area contributed by atoms with E-state index in [0.717, 1.165) is 21.7 Å². The van der Waals surface area contributed by atoms with Crippen molar-refractivity contribution >= 4 is 50.4 Å². The highest BCUT2D eigenvalue weighted by Gasteiger charge is 2.51. The van der Waals surface area contributed by atoms with Crippen molar-refractivity contribution in [1.29, 1.82) is 0 Å². The van der Waals surface area contributed by atoms with Gasteiger partial charge in [-0.25, -0.2) is 14.8 Å². The van der Waals surface area contributed by atoms with Gasteiger partial charge in [0.25, 0.3) is 6.01 Å². The fraction of sp³-hybridized carbons (Fsp3) is 0.250. The Morgan fingerprint density at radius 3 is 2.47 bits per heavy atom. The van der Waals surface area contributed by atoms with E-state index in [1.165, 1.54) is 0 Å². The van der Waals surface area contributed by atoms with E-state index in [9.17, 15) is 4.79 Å². The van der Waals surface area contributed by atoms with Crippen LogP contribution >= 0.6 is 33.2 Å². The van der Waals surface area contributed by atoms with Crippen LogP contribution < -0.4 is 10.1 Å². The van der Waals surface area contributed by atoms with E-state index < -0.39 is 30.5 Å². The van der Waals surface area contributed by atoms with Crippen molar-refractivity contribution in [2.24, 2.45) is 0 Å². The molecule has 230 valence electrons. The van der Waals surface area contributed by atoms with Crippen LogP contribution in [0.2, 0.25) is 5.02 Å². The first-order valence-corrected chi connectivity index (χ1v) is 17.1. The minimum Gasteiger partial charge on any atom is -0.456 e. The number of rotatable bonds is 10. The molecule has 0 spiro atoms. The third kappa shape index (κ3) is 6.90. The Balaban J connectivity index is 0.928. The quantitative estimate of drug-likeness (QED) is 0.128. The minimum absolute atomic E-state index is 0.219. The normalized spacial score (nSPS) is 20.6. The summed E-state index contributed by atoms with van der Waals surface area (Å²) in [6.45, 7) is 0.946. The lowest BCUT2D eigenvalue weighted by atomic mass is 10.0. The number of alkyl carbamates (subject to hydrolysis) is 1. The SMILES string of the molecule is O=C(NCCSSc1ccccn1)O[C@H]1CO[C@@H]2[C@H]1OC[C@@H]2Oc1nc2nc(-c3ccc(-c4ccccc4)cc3)c(Cl)cc2[nH]1. The highest BCUT2D eigenvalue weighted by atomic mass is 35.5. The molecule has 45 heavy (non-hydrogen) atoms. The molecule has 2 aliphatic rings. The molecule has 2 aromatic carbocycles. The average molecular weight is 662 g/mol. The van der Waals surface area contributed by atoms with Crippen molar-refractivity contribution in [3.05, 3.63) is 90.1 Å². The van der Waals surface area contributed by atoms with E-state index in [1.807, 2.05) is 60.7 Å². The number of hydrogen-bond donors (Lipinski definition) is 2. The van der Waals surface area contributed by atoms with Crippen molar-refractivity contribution in [1.82, 2.24) is 25.3 Å². The van der Waals surface area contributed by atoms with Gasteiger partial charge in [-0.15, -0.1) is 0 Å². The number of ether oxygens (including phenoxy) is 4. The van der Waals surface area contributed by atoms with Gasteiger partial charge >= 0.3 is 6.09 Å². The molecule has 0 bridgehead atoms. The van der Waals surface area contributed by atoms with Crippen LogP contribution in [0.1, 0.15) is 0 Å². The molecule has 0 aliphatic carbocycles. The fourth-order valence-corrected chi connectivity index (χ4v) is 7.30. The largest absolute Gasteiger partial charge is 0.456 e. The van der Waals surface area contributed by atoms with Crippen molar-refractivity contribution in [3.8, 4) is 28.4 Å². The van der Waals surface area contributed by atoms with Gasteiger partial charge in [0.1, 0.15) is 17.2 Å². The second kappa shape index (κ2) is 13.7. The molecule has 0 saturated carbocycles. The number of amides is 1. The van der Waals surface area contributed by atoms with Gasteiger partial charge in [0.15, 0.2) is 17.9 Å². The van der Waals surface area contributed by atoms with Crippen molar-refractivity contribution in [2.75, 3.05) is 25.5 Å². The zero-order valence-corrected chi connectivity index (χ0v) is 26.2. The number of fused-ring (bicyclic) bond motifs is 2. The van der Waals surface area contributed by atoms with E-state index in [2.05, 4.69) is 32.4 Å². The van der Waals surface area contributed by atoms with Gasteiger partial charge in [-0.1, -0.05) is 83.1 Å². The molecule has 2 N–H and O–H groups in total. The molecule has 4 atom stereocenters. The molecule has 10 nitrogen and oxygen atoms in total. The number of pyridine rings is 2. The maximum atomic E-state index is 12.4. The van der Waals surface area contributed by atoms with Gasteiger partial charge in [-0.05, 0) is 40.1 Å². The van der Waals surface area contributed by atoms with Gasteiger partial charge in [0.2, 0.25) is 0 Å². The lowest BCUT2D eigenvalue weighted by Crippen LogP contribution is -2.38. The van der Waals surface area contributed by atoms with Gasteiger partial charge in [0.05, 0.1) is 29.4 Å². The summed E-state index contributed by atoms with van der Waals surface area (Å²) in [5, 5.41) is 4.20. The minimum atomic E-state index is -0.536. The maximum absolute atomic E-state index is 12.4. The Morgan fingerprint density at radius 1 is 0.933 bits per heavy atom. The summed E-state index contributed by atoms with van der Waals surface area (Å²) in [4.78, 5) is 29.1. The van der Waals surface area contributed by atoms with Crippen LogP contribution in [-0.2, 0) is 14.2 Å². The molecule has 2 aliphatic heterocycles. The molecule has 2 saturated heterocycles. The third-order valence-electron chi connectivity index (χ3n) is 7.39. The van der Waals surface area contributed by atoms with Gasteiger partial charge < -0.3 is 29.2 Å². The van der Waals surface area contributed by atoms with E-state index in [-0.39, 0.29) is 19.2 Å². The molecule has 7 rings (SSSR count). The number of aromatic nitrogens is 4. The number of halogens is 1. The van der Waals surface area contributed by atoms with Crippen LogP contribution in [-0.4, -0.2) is 76.0 Å². The zero-order chi connectivity index (χ0) is 30.6. The highest BCUT2D eigenvalue weighted by Crippen LogP contribution is 2.34. The monoisotopic (exact) mass is 661 g/mol. The van der Waals surface area contributed by atoms with Crippen LogP contribution in [0, 0.1) is 0 Å². The predicted molar refractivity (Wildman–Crippen MR) is 174 cm³/mol. The van der Waals surface area contributed by atoms with E-state index in [4.69, 9.17) is 35.5 Å². The summed E-state index contributed by atoms with van der Waals surface area (Å²) in [7, 11) is 3.17. The van der Waals surface area contributed by atoms with Gasteiger partial charge in [-0.3, -0.25) is 0 Å². The lowest BCUT2D eigenvalue weighted by Gasteiger charge is -2.17.